The Morgan fingerprint density at radius 1 is 1.00 bits per heavy atom. The van der Waals surface area contributed by atoms with Crippen molar-refractivity contribution in [3.63, 3.8) is 0 Å². The van der Waals surface area contributed by atoms with Crippen LogP contribution in [0.2, 0.25) is 0 Å². The van der Waals surface area contributed by atoms with Crippen LogP contribution in [0.15, 0.2) is 67.0 Å². The van der Waals surface area contributed by atoms with E-state index in [0.29, 0.717) is 66.9 Å². The number of halogens is 5. The number of piperidine rings is 1. The monoisotopic (exact) mass is 738 g/mol. The average Bonchev–Trinajstić information content (AvgIpc) is 3.82. The van der Waals surface area contributed by atoms with Crippen LogP contribution in [0.3, 0.4) is 0 Å². The van der Waals surface area contributed by atoms with Crippen LogP contribution in [0.25, 0.3) is 16.7 Å². The van der Waals surface area contributed by atoms with E-state index in [1.165, 1.54) is 29.1 Å². The van der Waals surface area contributed by atoms with Crippen molar-refractivity contribution in [2.24, 2.45) is 5.92 Å². The lowest BCUT2D eigenvalue weighted by Crippen LogP contribution is -2.39. The molecule has 0 N–H and O–H groups in total. The van der Waals surface area contributed by atoms with Crippen LogP contribution in [0.5, 0.6) is 5.75 Å². The molecule has 16 heteroatoms. The number of para-hydroxylation sites is 2. The predicted molar refractivity (Wildman–Crippen MR) is 185 cm³/mol. The lowest BCUT2D eigenvalue weighted by atomic mass is 9.90. The van der Waals surface area contributed by atoms with Gasteiger partial charge in [-0.25, -0.2) is 18.4 Å². The van der Waals surface area contributed by atoms with Crippen LogP contribution in [-0.4, -0.2) is 97.8 Å². The third-order valence-corrected chi connectivity index (χ3v) is 9.75. The number of rotatable bonds is 14. The SMILES string of the molecule is COc1ccc(-n2cnnn2)cc1C(=O)N(C)CC(CCN1CCC(C(=O)c2nc3ccccc3n2CCCC(F)(F)F)CC1)c1ccc(F)c(F)c1. The molecule has 1 saturated heterocycles. The fraction of sp³-hybridized carbons (Fsp3) is 0.405. The molecule has 0 aliphatic carbocycles. The van der Waals surface area contributed by atoms with Crippen molar-refractivity contribution in [3.05, 3.63) is 95.6 Å². The van der Waals surface area contributed by atoms with Gasteiger partial charge >= 0.3 is 6.18 Å². The topological polar surface area (TPSA) is 111 Å². The fourth-order valence-corrected chi connectivity index (χ4v) is 6.90. The van der Waals surface area contributed by atoms with Gasteiger partial charge in [0.2, 0.25) is 5.78 Å². The molecule has 1 unspecified atom stereocenters. The number of nitrogens with zero attached hydrogens (tertiary/aromatic N) is 8. The first-order chi connectivity index (χ1) is 25.4. The van der Waals surface area contributed by atoms with E-state index in [9.17, 15) is 31.5 Å². The Morgan fingerprint density at radius 2 is 1.77 bits per heavy atom. The second-order valence-electron chi connectivity index (χ2n) is 13.3. The summed E-state index contributed by atoms with van der Waals surface area (Å²) in [5.74, 6) is -2.70. The van der Waals surface area contributed by atoms with Gasteiger partial charge in [-0.1, -0.05) is 18.2 Å². The van der Waals surface area contributed by atoms with Crippen molar-refractivity contribution in [1.29, 1.82) is 0 Å². The van der Waals surface area contributed by atoms with E-state index in [4.69, 9.17) is 4.74 Å². The molecule has 0 spiro atoms. The van der Waals surface area contributed by atoms with Crippen molar-refractivity contribution < 1.29 is 36.3 Å². The Balaban J connectivity index is 1.12. The standard InChI is InChI=1S/C37H39F5N8O3/c1-47(36(52)28-21-27(9-11-33(28)53-2)50-23-43-45-46-50)22-26(25-8-10-29(38)30(39)20-25)14-19-48-17-12-24(13-18-48)34(51)35-44-31-6-3-4-7-32(31)49(35)16-5-15-37(40,41)42/h3-4,6-11,20-21,23-24,26H,5,12-19,22H2,1-2H3. The first-order valence-electron chi connectivity index (χ1n) is 17.3. The molecule has 2 aromatic heterocycles. The normalized spacial score (nSPS) is 14.8. The quantitative estimate of drug-likeness (QED) is 0.0941. The number of Topliss-reactive ketones (excluding diaryl/α,β-unsaturated/α-hetero) is 1. The minimum atomic E-state index is -4.29. The second-order valence-corrected chi connectivity index (χ2v) is 13.3. The zero-order chi connectivity index (χ0) is 37.7. The molecule has 5 aromatic rings. The molecule has 6 rings (SSSR count). The molecule has 11 nitrogen and oxygen atoms in total. The van der Waals surface area contributed by atoms with Crippen molar-refractivity contribution in [2.45, 2.75) is 50.7 Å². The summed E-state index contributed by atoms with van der Waals surface area (Å²) in [5.41, 5.74) is 2.54. The number of methoxy groups -OCH3 is 1. The molecular formula is C37H39F5N8O3. The van der Waals surface area contributed by atoms with E-state index >= 15 is 0 Å². The number of amides is 1. The third kappa shape index (κ3) is 8.87. The smallest absolute Gasteiger partial charge is 0.389 e. The summed E-state index contributed by atoms with van der Waals surface area (Å²) in [5, 5.41) is 11.2. The zero-order valence-corrected chi connectivity index (χ0v) is 29.3. The number of imidazole rings is 1. The minimum absolute atomic E-state index is 0.0276. The molecule has 0 radical (unpaired) electrons. The maximum absolute atomic E-state index is 14.5. The van der Waals surface area contributed by atoms with Crippen molar-refractivity contribution in [2.75, 3.05) is 40.3 Å². The number of carbonyl (C=O) groups is 2. The summed E-state index contributed by atoms with van der Waals surface area (Å²) in [4.78, 5) is 35.8. The van der Waals surface area contributed by atoms with Crippen molar-refractivity contribution in [3.8, 4) is 11.4 Å². The zero-order valence-electron chi connectivity index (χ0n) is 29.3. The Labute approximate surface area is 302 Å². The molecule has 280 valence electrons. The van der Waals surface area contributed by atoms with Crippen molar-refractivity contribution in [1.82, 2.24) is 39.6 Å². The molecular weight excluding hydrogens is 699 g/mol. The molecule has 1 aliphatic rings. The van der Waals surface area contributed by atoms with E-state index in [2.05, 4.69) is 25.4 Å². The molecule has 1 amide bonds. The van der Waals surface area contributed by atoms with Crippen LogP contribution < -0.4 is 4.74 Å². The summed E-state index contributed by atoms with van der Waals surface area (Å²) >= 11 is 0. The summed E-state index contributed by atoms with van der Waals surface area (Å²) in [6.07, 6.45) is -2.46. The highest BCUT2D eigenvalue weighted by molar-refractivity contribution is 5.98. The Hall–Kier alpha value is -5.25. The lowest BCUT2D eigenvalue weighted by Gasteiger charge is -2.33. The van der Waals surface area contributed by atoms with Gasteiger partial charge in [0.1, 0.15) is 12.1 Å². The van der Waals surface area contributed by atoms with Crippen LogP contribution in [-0.2, 0) is 6.54 Å². The summed E-state index contributed by atoms with van der Waals surface area (Å²) in [6, 6.07) is 15.8. The highest BCUT2D eigenvalue weighted by Crippen LogP contribution is 2.30. The van der Waals surface area contributed by atoms with Gasteiger partial charge in [0.05, 0.1) is 29.4 Å². The first-order valence-corrected chi connectivity index (χ1v) is 17.3. The van der Waals surface area contributed by atoms with Gasteiger partial charge in [-0.05, 0) is 104 Å². The van der Waals surface area contributed by atoms with Crippen LogP contribution in [0.1, 0.15) is 64.6 Å². The number of tetrazole rings is 1. The summed E-state index contributed by atoms with van der Waals surface area (Å²) in [7, 11) is 3.09. The van der Waals surface area contributed by atoms with Crippen LogP contribution in [0, 0.1) is 17.6 Å². The molecule has 1 atom stereocenters. The molecule has 0 bridgehead atoms. The van der Waals surface area contributed by atoms with E-state index in [-0.39, 0.29) is 54.4 Å². The molecule has 1 fully saturated rings. The lowest BCUT2D eigenvalue weighted by molar-refractivity contribution is -0.135. The summed E-state index contributed by atoms with van der Waals surface area (Å²) < 4.78 is 75.7. The molecule has 0 saturated carbocycles. The highest BCUT2D eigenvalue weighted by Gasteiger charge is 2.31. The fourth-order valence-electron chi connectivity index (χ4n) is 6.90. The Morgan fingerprint density at radius 3 is 2.47 bits per heavy atom. The predicted octanol–water partition coefficient (Wildman–Crippen LogP) is 6.48. The number of benzene rings is 3. The average molecular weight is 739 g/mol. The minimum Gasteiger partial charge on any atom is -0.496 e. The number of alkyl halides is 3. The number of likely N-dealkylation sites (tertiary alicyclic amines) is 1. The number of fused-ring (bicyclic) bond motifs is 1. The maximum atomic E-state index is 14.5. The third-order valence-electron chi connectivity index (χ3n) is 9.75. The molecule has 3 aromatic carbocycles. The number of aromatic nitrogens is 6. The number of ether oxygens (including phenoxy) is 1. The Bertz CT molecular complexity index is 2040. The van der Waals surface area contributed by atoms with Gasteiger partial charge in [0.25, 0.3) is 5.91 Å². The van der Waals surface area contributed by atoms with Crippen LogP contribution in [0.4, 0.5) is 22.0 Å². The number of aryl methyl sites for hydroxylation is 1. The van der Waals surface area contributed by atoms with Gasteiger partial charge in [0, 0.05) is 38.4 Å². The van der Waals surface area contributed by atoms with E-state index in [0.717, 1.165) is 12.1 Å². The van der Waals surface area contributed by atoms with Crippen molar-refractivity contribution >= 4 is 22.7 Å². The van der Waals surface area contributed by atoms with E-state index < -0.39 is 24.2 Å². The van der Waals surface area contributed by atoms with Crippen LogP contribution >= 0.6 is 0 Å². The van der Waals surface area contributed by atoms with Gasteiger partial charge in [-0.2, -0.15) is 13.2 Å². The number of ketones is 1. The highest BCUT2D eigenvalue weighted by atomic mass is 19.4. The van der Waals surface area contributed by atoms with Gasteiger partial charge in [0.15, 0.2) is 17.5 Å². The molecule has 3 heterocycles. The van der Waals surface area contributed by atoms with Gasteiger partial charge in [-0.15, -0.1) is 5.10 Å². The molecule has 53 heavy (non-hydrogen) atoms. The van der Waals surface area contributed by atoms with E-state index in [1.807, 2.05) is 0 Å². The molecule has 1 aliphatic heterocycles. The Kier molecular flexibility index (Phi) is 11.5. The summed E-state index contributed by atoms with van der Waals surface area (Å²) in [6.45, 7) is 1.92. The largest absolute Gasteiger partial charge is 0.496 e. The number of hydrogen-bond acceptors (Lipinski definition) is 8. The second kappa shape index (κ2) is 16.2. The number of carbonyl (C=O) groups excluding carboxylic acids is 2. The van der Waals surface area contributed by atoms with Gasteiger partial charge < -0.3 is 19.1 Å². The first kappa shape index (κ1) is 37.5. The number of hydrogen-bond donors (Lipinski definition) is 0. The van der Waals surface area contributed by atoms with E-state index in [1.54, 1.807) is 54.1 Å². The number of likely N-dealkylation sites (N-methyl/N-ethyl adjacent to an activating group) is 1. The van der Waals surface area contributed by atoms with Gasteiger partial charge in [-0.3, -0.25) is 9.59 Å². The maximum Gasteiger partial charge on any atom is 0.389 e.